The zero-order chi connectivity index (χ0) is 18.1. The third-order valence-corrected chi connectivity index (χ3v) is 6.68. The second-order valence-electron chi connectivity index (χ2n) is 7.30. The average molecular weight is 381 g/mol. The molecule has 5 rings (SSSR count). The number of aromatic nitrogens is 2. The van der Waals surface area contributed by atoms with Crippen LogP contribution < -0.4 is 9.80 Å². The number of nitrogens with zero attached hydrogens (tertiary/aromatic N) is 4. The summed E-state index contributed by atoms with van der Waals surface area (Å²) in [5.41, 5.74) is 2.26. The van der Waals surface area contributed by atoms with E-state index in [1.165, 1.54) is 23.4 Å². The average Bonchev–Trinajstić information content (AvgIpc) is 3.29. The molecule has 3 aromatic rings. The van der Waals surface area contributed by atoms with Crippen molar-refractivity contribution in [3.05, 3.63) is 46.9 Å². The van der Waals surface area contributed by atoms with Crippen molar-refractivity contribution in [3.8, 4) is 0 Å². The van der Waals surface area contributed by atoms with E-state index in [-0.39, 0.29) is 0 Å². The fourth-order valence-corrected chi connectivity index (χ4v) is 5.08. The first kappa shape index (κ1) is 17.0. The van der Waals surface area contributed by atoms with Gasteiger partial charge in [-0.1, -0.05) is 6.07 Å². The van der Waals surface area contributed by atoms with E-state index in [1.54, 1.807) is 6.33 Å². The molecular formula is C21H24N4OS. The van der Waals surface area contributed by atoms with Crippen LogP contribution in [0.3, 0.4) is 0 Å². The highest BCUT2D eigenvalue weighted by molar-refractivity contribution is 7.10. The molecule has 0 spiro atoms. The summed E-state index contributed by atoms with van der Waals surface area (Å²) in [7, 11) is 0. The highest BCUT2D eigenvalue weighted by atomic mass is 32.1. The Hall–Kier alpha value is -2.18. The van der Waals surface area contributed by atoms with E-state index in [1.807, 2.05) is 11.3 Å². The Morgan fingerprint density at radius 3 is 2.81 bits per heavy atom. The molecule has 1 atom stereocenters. The number of rotatable bonds is 3. The van der Waals surface area contributed by atoms with Gasteiger partial charge in [-0.2, -0.15) is 0 Å². The topological polar surface area (TPSA) is 41.5 Å². The van der Waals surface area contributed by atoms with Gasteiger partial charge in [0.2, 0.25) is 0 Å². The van der Waals surface area contributed by atoms with Crippen molar-refractivity contribution in [2.24, 2.45) is 0 Å². The second-order valence-corrected chi connectivity index (χ2v) is 8.28. The number of piperidine rings is 1. The summed E-state index contributed by atoms with van der Waals surface area (Å²) in [6.07, 6.45) is 4.19. The van der Waals surface area contributed by atoms with E-state index in [9.17, 15) is 0 Å². The number of fused-ring (bicyclic) bond motifs is 1. The van der Waals surface area contributed by atoms with Crippen LogP contribution in [0.4, 0.5) is 11.5 Å². The van der Waals surface area contributed by atoms with Crippen molar-refractivity contribution in [3.63, 3.8) is 0 Å². The Morgan fingerprint density at radius 2 is 1.96 bits per heavy atom. The van der Waals surface area contributed by atoms with Gasteiger partial charge >= 0.3 is 0 Å². The van der Waals surface area contributed by atoms with Crippen LogP contribution in [-0.2, 0) is 4.74 Å². The van der Waals surface area contributed by atoms with Gasteiger partial charge in [-0.25, -0.2) is 9.97 Å². The molecule has 2 aliphatic rings. The number of hydrogen-bond donors (Lipinski definition) is 0. The summed E-state index contributed by atoms with van der Waals surface area (Å²) in [5.74, 6) is 1.69. The van der Waals surface area contributed by atoms with Crippen LogP contribution in [0.5, 0.6) is 0 Å². The lowest BCUT2D eigenvalue weighted by atomic mass is 9.96. The number of benzene rings is 1. The Bertz CT molecular complexity index is 908. The predicted molar refractivity (Wildman–Crippen MR) is 111 cm³/mol. The zero-order valence-electron chi connectivity index (χ0n) is 15.4. The second kappa shape index (κ2) is 7.44. The summed E-state index contributed by atoms with van der Waals surface area (Å²) in [6, 6.07) is 11.0. The van der Waals surface area contributed by atoms with Crippen LogP contribution in [0.1, 0.15) is 23.6 Å². The Kier molecular flexibility index (Phi) is 4.67. The molecule has 0 saturated carbocycles. The molecule has 2 saturated heterocycles. The fourth-order valence-electron chi connectivity index (χ4n) is 4.23. The molecule has 4 heterocycles. The van der Waals surface area contributed by atoms with E-state index in [2.05, 4.69) is 55.5 Å². The van der Waals surface area contributed by atoms with E-state index in [0.717, 1.165) is 56.1 Å². The largest absolute Gasteiger partial charge is 0.378 e. The predicted octanol–water partition coefficient (Wildman–Crippen LogP) is 3.91. The lowest BCUT2D eigenvalue weighted by molar-refractivity contribution is 0.122. The van der Waals surface area contributed by atoms with Crippen LogP contribution in [0.15, 0.2) is 42.0 Å². The maximum Gasteiger partial charge on any atom is 0.139 e. The van der Waals surface area contributed by atoms with Crippen LogP contribution in [0.25, 0.3) is 10.9 Å². The van der Waals surface area contributed by atoms with Gasteiger partial charge in [-0.15, -0.1) is 11.3 Å². The molecule has 6 heteroatoms. The molecule has 0 amide bonds. The van der Waals surface area contributed by atoms with Gasteiger partial charge in [0.1, 0.15) is 12.1 Å². The Balaban J connectivity index is 1.44. The lowest BCUT2D eigenvalue weighted by Crippen LogP contribution is -2.36. The maximum absolute atomic E-state index is 5.47. The summed E-state index contributed by atoms with van der Waals surface area (Å²) < 4.78 is 5.47. The minimum absolute atomic E-state index is 0.608. The van der Waals surface area contributed by atoms with Crippen molar-refractivity contribution in [2.75, 3.05) is 49.2 Å². The third kappa shape index (κ3) is 3.39. The molecule has 2 aliphatic heterocycles. The first-order chi connectivity index (χ1) is 13.4. The summed E-state index contributed by atoms with van der Waals surface area (Å²) in [4.78, 5) is 15.6. The molecule has 0 N–H and O–H groups in total. The number of ether oxygens (including phenoxy) is 1. The first-order valence-corrected chi connectivity index (χ1v) is 10.6. The third-order valence-electron chi connectivity index (χ3n) is 5.64. The lowest BCUT2D eigenvalue weighted by Gasteiger charge is -2.34. The standard InChI is InChI=1S/C21H24N4OS/c1-3-16(20-4-2-12-27-20)14-25(7-1)21-18-6-5-17(13-19(18)22-15-23-21)24-8-10-26-11-9-24/h2,4-6,12-13,15-16H,1,3,7-11,14H2. The van der Waals surface area contributed by atoms with Gasteiger partial charge in [0.25, 0.3) is 0 Å². The molecule has 2 aromatic heterocycles. The monoisotopic (exact) mass is 380 g/mol. The van der Waals surface area contributed by atoms with E-state index in [4.69, 9.17) is 4.74 Å². The van der Waals surface area contributed by atoms with Crippen LogP contribution in [-0.4, -0.2) is 49.4 Å². The molecular weight excluding hydrogens is 356 g/mol. The molecule has 1 unspecified atom stereocenters. The van der Waals surface area contributed by atoms with Crippen LogP contribution >= 0.6 is 11.3 Å². The van der Waals surface area contributed by atoms with E-state index >= 15 is 0 Å². The highest BCUT2D eigenvalue weighted by Crippen LogP contribution is 2.34. The molecule has 1 aromatic carbocycles. The fraction of sp³-hybridized carbons (Fsp3) is 0.429. The van der Waals surface area contributed by atoms with Gasteiger partial charge in [0.05, 0.1) is 18.7 Å². The molecule has 2 fully saturated rings. The van der Waals surface area contributed by atoms with Crippen molar-refractivity contribution >= 4 is 33.7 Å². The quantitative estimate of drug-likeness (QED) is 0.689. The van der Waals surface area contributed by atoms with Crippen molar-refractivity contribution in [2.45, 2.75) is 18.8 Å². The normalized spacial score (nSPS) is 21.0. The molecule has 27 heavy (non-hydrogen) atoms. The number of thiophene rings is 1. The van der Waals surface area contributed by atoms with Gasteiger partial charge in [0.15, 0.2) is 0 Å². The minimum Gasteiger partial charge on any atom is -0.378 e. The maximum atomic E-state index is 5.47. The van der Waals surface area contributed by atoms with Crippen molar-refractivity contribution in [1.29, 1.82) is 0 Å². The van der Waals surface area contributed by atoms with Crippen molar-refractivity contribution in [1.82, 2.24) is 9.97 Å². The number of morpholine rings is 1. The molecule has 0 radical (unpaired) electrons. The summed E-state index contributed by atoms with van der Waals surface area (Å²) in [5, 5.41) is 3.34. The smallest absolute Gasteiger partial charge is 0.139 e. The molecule has 0 bridgehead atoms. The Morgan fingerprint density at radius 1 is 1.04 bits per heavy atom. The molecule has 0 aliphatic carbocycles. The number of hydrogen-bond acceptors (Lipinski definition) is 6. The molecule has 140 valence electrons. The molecule has 5 nitrogen and oxygen atoms in total. The summed E-state index contributed by atoms with van der Waals surface area (Å²) >= 11 is 1.87. The van der Waals surface area contributed by atoms with Gasteiger partial charge in [-0.3, -0.25) is 0 Å². The highest BCUT2D eigenvalue weighted by Gasteiger charge is 2.24. The van der Waals surface area contributed by atoms with E-state index < -0.39 is 0 Å². The van der Waals surface area contributed by atoms with Crippen LogP contribution in [0.2, 0.25) is 0 Å². The van der Waals surface area contributed by atoms with Gasteiger partial charge in [-0.05, 0) is 42.5 Å². The summed E-state index contributed by atoms with van der Waals surface area (Å²) in [6.45, 7) is 5.59. The SMILES string of the molecule is c1csc(C2CCCN(c3ncnc4cc(N5CCOCC5)ccc34)C2)c1. The van der Waals surface area contributed by atoms with Gasteiger partial charge < -0.3 is 14.5 Å². The zero-order valence-corrected chi connectivity index (χ0v) is 16.2. The Labute approximate surface area is 163 Å². The first-order valence-electron chi connectivity index (χ1n) is 9.74. The minimum atomic E-state index is 0.608. The van der Waals surface area contributed by atoms with Crippen LogP contribution in [0, 0.1) is 0 Å². The van der Waals surface area contributed by atoms with Crippen molar-refractivity contribution < 1.29 is 4.74 Å². The number of anilines is 2. The van der Waals surface area contributed by atoms with Gasteiger partial charge in [0, 0.05) is 48.0 Å². The van der Waals surface area contributed by atoms with E-state index in [0.29, 0.717) is 5.92 Å².